The Bertz CT molecular complexity index is 1170. The molecule has 0 heterocycles. The van der Waals surface area contributed by atoms with E-state index in [2.05, 4.69) is 5.32 Å². The number of benzene rings is 3. The Labute approximate surface area is 178 Å². The van der Waals surface area contributed by atoms with E-state index < -0.39 is 34.1 Å². The monoisotopic (exact) mass is 450 g/mol. The first-order valence-electron chi connectivity index (χ1n) is 8.77. The molecule has 0 fully saturated rings. The molecule has 0 saturated heterocycles. The van der Waals surface area contributed by atoms with Crippen LogP contribution in [-0.2, 0) is 14.8 Å². The summed E-state index contributed by atoms with van der Waals surface area (Å²) in [5, 5.41) is 3.04. The minimum atomic E-state index is -4.23. The maximum Gasteiger partial charge on any atom is 0.264 e. The Balaban J connectivity index is 1.95. The summed E-state index contributed by atoms with van der Waals surface area (Å²) in [5.41, 5.74) is 1.26. The van der Waals surface area contributed by atoms with Crippen molar-refractivity contribution in [2.24, 2.45) is 0 Å². The number of aryl methyl sites for hydroxylation is 1. The Morgan fingerprint density at radius 3 is 2.13 bits per heavy atom. The van der Waals surface area contributed by atoms with Gasteiger partial charge in [-0.15, -0.1) is 0 Å². The van der Waals surface area contributed by atoms with Gasteiger partial charge in [0, 0.05) is 10.7 Å². The number of hydrogen-bond donors (Lipinski definition) is 1. The van der Waals surface area contributed by atoms with Gasteiger partial charge in [-0.3, -0.25) is 9.10 Å². The molecule has 0 atom stereocenters. The second-order valence-corrected chi connectivity index (χ2v) is 8.75. The molecule has 156 valence electrons. The predicted molar refractivity (Wildman–Crippen MR) is 112 cm³/mol. The summed E-state index contributed by atoms with van der Waals surface area (Å²) in [6.45, 7) is 1.18. The molecule has 5 nitrogen and oxygen atoms in total. The van der Waals surface area contributed by atoms with E-state index in [1.165, 1.54) is 12.1 Å². The number of nitrogens with one attached hydrogen (secondary N) is 1. The highest BCUT2D eigenvalue weighted by atomic mass is 35.5. The normalized spacial score (nSPS) is 11.2. The van der Waals surface area contributed by atoms with E-state index in [1.54, 1.807) is 25.1 Å². The van der Waals surface area contributed by atoms with Crippen molar-refractivity contribution in [1.29, 1.82) is 0 Å². The van der Waals surface area contributed by atoms with Crippen molar-refractivity contribution in [2.75, 3.05) is 16.2 Å². The van der Waals surface area contributed by atoms with Gasteiger partial charge >= 0.3 is 0 Å². The molecule has 3 rings (SSSR count). The van der Waals surface area contributed by atoms with Crippen LogP contribution in [0.2, 0.25) is 5.02 Å². The van der Waals surface area contributed by atoms with E-state index in [0.29, 0.717) is 10.7 Å². The van der Waals surface area contributed by atoms with Crippen LogP contribution in [0.15, 0.2) is 71.6 Å². The number of carbonyl (C=O) groups excluding carboxylic acids is 1. The fourth-order valence-corrected chi connectivity index (χ4v) is 4.30. The van der Waals surface area contributed by atoms with Crippen molar-refractivity contribution >= 4 is 38.9 Å². The molecule has 1 amide bonds. The highest BCUT2D eigenvalue weighted by Gasteiger charge is 2.27. The smallest absolute Gasteiger partial charge is 0.264 e. The lowest BCUT2D eigenvalue weighted by Gasteiger charge is -2.24. The highest BCUT2D eigenvalue weighted by molar-refractivity contribution is 7.92. The van der Waals surface area contributed by atoms with E-state index in [1.807, 2.05) is 0 Å². The van der Waals surface area contributed by atoms with E-state index >= 15 is 0 Å². The molecular weight excluding hydrogens is 434 g/mol. The second-order valence-electron chi connectivity index (χ2n) is 6.45. The van der Waals surface area contributed by atoms with Crippen LogP contribution in [-0.4, -0.2) is 20.9 Å². The number of anilines is 2. The van der Waals surface area contributed by atoms with Crippen LogP contribution in [0.25, 0.3) is 0 Å². The number of rotatable bonds is 6. The molecule has 0 saturated carbocycles. The summed E-state index contributed by atoms with van der Waals surface area (Å²) in [6.07, 6.45) is 0. The Morgan fingerprint density at radius 2 is 1.53 bits per heavy atom. The van der Waals surface area contributed by atoms with Gasteiger partial charge in [0.2, 0.25) is 5.91 Å². The molecule has 9 heteroatoms. The van der Waals surface area contributed by atoms with Crippen LogP contribution in [0, 0.1) is 18.6 Å². The van der Waals surface area contributed by atoms with Crippen molar-refractivity contribution in [3.05, 3.63) is 89.0 Å². The fourth-order valence-electron chi connectivity index (χ4n) is 2.71. The molecule has 0 aliphatic heterocycles. The number of sulfonamides is 1. The second kappa shape index (κ2) is 8.81. The molecule has 0 unspecified atom stereocenters. The summed E-state index contributed by atoms with van der Waals surface area (Å²) >= 11 is 5.96. The summed E-state index contributed by atoms with van der Waals surface area (Å²) in [5.74, 6) is -1.79. The van der Waals surface area contributed by atoms with Gasteiger partial charge in [0.1, 0.15) is 18.2 Å². The van der Waals surface area contributed by atoms with Gasteiger partial charge in [0.25, 0.3) is 10.0 Å². The van der Waals surface area contributed by atoms with Gasteiger partial charge in [-0.25, -0.2) is 17.2 Å². The van der Waals surface area contributed by atoms with Crippen molar-refractivity contribution in [3.63, 3.8) is 0 Å². The van der Waals surface area contributed by atoms with Gasteiger partial charge in [-0.1, -0.05) is 17.7 Å². The molecular formula is C21H17ClF2N2O3S. The maximum absolute atomic E-state index is 13.3. The van der Waals surface area contributed by atoms with Gasteiger partial charge in [-0.2, -0.15) is 0 Å². The molecule has 0 aliphatic rings. The van der Waals surface area contributed by atoms with Crippen LogP contribution in [0.1, 0.15) is 5.56 Å². The fraction of sp³-hybridized carbons (Fsp3) is 0.0952. The van der Waals surface area contributed by atoms with Gasteiger partial charge in [-0.05, 0) is 73.2 Å². The van der Waals surface area contributed by atoms with Gasteiger partial charge in [0.05, 0.1) is 10.6 Å². The number of halogens is 3. The predicted octanol–water partition coefficient (Wildman–Crippen LogP) is 4.76. The summed E-state index contributed by atoms with van der Waals surface area (Å²) in [4.78, 5) is 12.5. The maximum atomic E-state index is 13.3. The lowest BCUT2D eigenvalue weighted by molar-refractivity contribution is -0.114. The molecule has 0 aromatic heterocycles. The average Bonchev–Trinajstić information content (AvgIpc) is 2.70. The zero-order valence-electron chi connectivity index (χ0n) is 15.8. The van der Waals surface area contributed by atoms with Crippen molar-refractivity contribution < 1.29 is 22.0 Å². The Morgan fingerprint density at radius 1 is 0.967 bits per heavy atom. The summed E-state index contributed by atoms with van der Waals surface area (Å²) in [6, 6.07) is 13.8. The number of amides is 1. The van der Waals surface area contributed by atoms with Crippen LogP contribution >= 0.6 is 11.6 Å². The SMILES string of the molecule is Cc1ccc(Cl)cc1NC(=O)CN(c1ccc(F)cc1)S(=O)(=O)c1ccc(F)cc1. The first kappa shape index (κ1) is 21.7. The van der Waals surface area contributed by atoms with E-state index in [0.717, 1.165) is 46.3 Å². The Hall–Kier alpha value is -2.97. The minimum absolute atomic E-state index is 0.0821. The zero-order valence-corrected chi connectivity index (χ0v) is 17.3. The lowest BCUT2D eigenvalue weighted by atomic mass is 10.2. The number of nitrogens with zero attached hydrogens (tertiary/aromatic N) is 1. The quantitative estimate of drug-likeness (QED) is 0.588. The standard InChI is InChI=1S/C21H17ClF2N2O3S/c1-14-2-3-15(22)12-20(14)25-21(27)13-26(18-8-4-16(23)5-9-18)30(28,29)19-10-6-17(24)7-11-19/h2-12H,13H2,1H3,(H,25,27). The third-order valence-electron chi connectivity index (χ3n) is 4.28. The zero-order chi connectivity index (χ0) is 21.9. The topological polar surface area (TPSA) is 66.5 Å². The molecule has 0 bridgehead atoms. The summed E-state index contributed by atoms with van der Waals surface area (Å²) < 4.78 is 53.7. The highest BCUT2D eigenvalue weighted by Crippen LogP contribution is 2.25. The molecule has 3 aromatic carbocycles. The average molecular weight is 451 g/mol. The number of carbonyl (C=O) groups is 1. The van der Waals surface area contributed by atoms with Crippen LogP contribution < -0.4 is 9.62 Å². The molecule has 0 spiro atoms. The van der Waals surface area contributed by atoms with Crippen LogP contribution in [0.4, 0.5) is 20.2 Å². The minimum Gasteiger partial charge on any atom is -0.324 e. The van der Waals surface area contributed by atoms with Crippen molar-refractivity contribution in [3.8, 4) is 0 Å². The molecule has 0 radical (unpaired) electrons. The first-order chi connectivity index (χ1) is 14.2. The lowest BCUT2D eigenvalue weighted by Crippen LogP contribution is -2.38. The van der Waals surface area contributed by atoms with E-state index in [-0.39, 0.29) is 10.6 Å². The Kier molecular flexibility index (Phi) is 6.38. The van der Waals surface area contributed by atoms with Gasteiger partial charge in [0.15, 0.2) is 0 Å². The van der Waals surface area contributed by atoms with Gasteiger partial charge < -0.3 is 5.32 Å². The number of hydrogen-bond acceptors (Lipinski definition) is 3. The third-order valence-corrected chi connectivity index (χ3v) is 6.30. The summed E-state index contributed by atoms with van der Waals surface area (Å²) in [7, 11) is -4.23. The van der Waals surface area contributed by atoms with E-state index in [9.17, 15) is 22.0 Å². The molecule has 3 aromatic rings. The van der Waals surface area contributed by atoms with Crippen molar-refractivity contribution in [2.45, 2.75) is 11.8 Å². The first-order valence-corrected chi connectivity index (χ1v) is 10.6. The van der Waals surface area contributed by atoms with Crippen molar-refractivity contribution in [1.82, 2.24) is 0 Å². The molecule has 30 heavy (non-hydrogen) atoms. The molecule has 1 N–H and O–H groups in total. The molecule has 0 aliphatic carbocycles. The third kappa shape index (κ3) is 4.95. The van der Waals surface area contributed by atoms with Crippen LogP contribution in [0.3, 0.4) is 0 Å². The van der Waals surface area contributed by atoms with Crippen LogP contribution in [0.5, 0.6) is 0 Å². The van der Waals surface area contributed by atoms with E-state index in [4.69, 9.17) is 11.6 Å². The largest absolute Gasteiger partial charge is 0.324 e.